The van der Waals surface area contributed by atoms with Crippen molar-refractivity contribution in [1.29, 1.82) is 0 Å². The lowest BCUT2D eigenvalue weighted by atomic mass is 9.84. The van der Waals surface area contributed by atoms with Crippen LogP contribution in [0.2, 0.25) is 0 Å². The summed E-state index contributed by atoms with van der Waals surface area (Å²) >= 11 is 0. The van der Waals surface area contributed by atoms with Gasteiger partial charge in [-0.3, -0.25) is 4.90 Å². The van der Waals surface area contributed by atoms with Crippen LogP contribution in [-0.2, 0) is 6.54 Å². The van der Waals surface area contributed by atoms with Crippen LogP contribution in [0.5, 0.6) is 6.01 Å². The number of piperidine rings is 1. The Morgan fingerprint density at radius 1 is 1.35 bits per heavy atom. The van der Waals surface area contributed by atoms with E-state index in [0.717, 1.165) is 18.7 Å². The molecule has 1 aliphatic rings. The molecule has 0 bridgehead atoms. The minimum absolute atomic E-state index is 0.436. The summed E-state index contributed by atoms with van der Waals surface area (Å²) in [6.45, 7) is 7.94. The van der Waals surface area contributed by atoms with Gasteiger partial charge in [-0.05, 0) is 24.8 Å². The average molecular weight is 235 g/mol. The van der Waals surface area contributed by atoms with Crippen LogP contribution in [0.25, 0.3) is 0 Å². The molecule has 0 N–H and O–H groups in total. The Morgan fingerprint density at radius 2 is 2.06 bits per heavy atom. The minimum Gasteiger partial charge on any atom is -0.467 e. The molecule has 0 aliphatic carbocycles. The molecule has 4 heteroatoms. The zero-order valence-corrected chi connectivity index (χ0v) is 10.9. The monoisotopic (exact) mass is 235 g/mol. The largest absolute Gasteiger partial charge is 0.467 e. The Balaban J connectivity index is 1.95. The van der Waals surface area contributed by atoms with Crippen LogP contribution in [0.15, 0.2) is 12.4 Å². The van der Waals surface area contributed by atoms with Crippen LogP contribution < -0.4 is 4.74 Å². The molecule has 0 unspecified atom stereocenters. The van der Waals surface area contributed by atoms with Gasteiger partial charge in [-0.2, -0.15) is 0 Å². The molecule has 0 atom stereocenters. The molecule has 0 spiro atoms. The lowest BCUT2D eigenvalue weighted by Gasteiger charge is -2.37. The van der Waals surface area contributed by atoms with Crippen molar-refractivity contribution in [3.63, 3.8) is 0 Å². The second-order valence-corrected chi connectivity index (χ2v) is 5.56. The third-order valence-corrected chi connectivity index (χ3v) is 3.25. The van der Waals surface area contributed by atoms with Crippen LogP contribution in [0.4, 0.5) is 0 Å². The van der Waals surface area contributed by atoms with E-state index in [1.807, 2.05) is 12.4 Å². The lowest BCUT2D eigenvalue weighted by molar-refractivity contribution is 0.111. The maximum absolute atomic E-state index is 4.96. The molecule has 1 saturated heterocycles. The predicted octanol–water partition coefficient (Wildman–Crippen LogP) is 2.11. The first-order valence-corrected chi connectivity index (χ1v) is 6.16. The zero-order valence-electron chi connectivity index (χ0n) is 10.9. The molecule has 2 rings (SSSR count). The van der Waals surface area contributed by atoms with Gasteiger partial charge in [-0.15, -0.1) is 0 Å². The minimum atomic E-state index is 0.436. The summed E-state index contributed by atoms with van der Waals surface area (Å²) in [5.74, 6) is 0. The van der Waals surface area contributed by atoms with Crippen molar-refractivity contribution < 1.29 is 4.74 Å². The zero-order chi connectivity index (χ0) is 12.3. The van der Waals surface area contributed by atoms with Gasteiger partial charge in [0.25, 0.3) is 0 Å². The Kier molecular flexibility index (Phi) is 3.62. The van der Waals surface area contributed by atoms with Crippen molar-refractivity contribution in [3.05, 3.63) is 18.0 Å². The molecule has 2 heterocycles. The summed E-state index contributed by atoms with van der Waals surface area (Å²) in [5.41, 5.74) is 1.59. The first kappa shape index (κ1) is 12.3. The third-order valence-electron chi connectivity index (χ3n) is 3.25. The van der Waals surface area contributed by atoms with Gasteiger partial charge >= 0.3 is 6.01 Å². The number of ether oxygens (including phenoxy) is 1. The van der Waals surface area contributed by atoms with Gasteiger partial charge in [-0.25, -0.2) is 9.97 Å². The maximum Gasteiger partial charge on any atom is 0.316 e. The van der Waals surface area contributed by atoms with E-state index in [2.05, 4.69) is 28.7 Å². The lowest BCUT2D eigenvalue weighted by Crippen LogP contribution is -2.39. The Hall–Kier alpha value is -1.16. The van der Waals surface area contributed by atoms with Crippen molar-refractivity contribution in [1.82, 2.24) is 14.9 Å². The van der Waals surface area contributed by atoms with Crippen LogP contribution in [0.1, 0.15) is 32.3 Å². The molecule has 1 aliphatic heterocycles. The van der Waals surface area contributed by atoms with E-state index >= 15 is 0 Å². The quantitative estimate of drug-likeness (QED) is 0.804. The van der Waals surface area contributed by atoms with Crippen LogP contribution in [-0.4, -0.2) is 35.1 Å². The summed E-state index contributed by atoms with van der Waals surface area (Å²) in [4.78, 5) is 10.8. The third kappa shape index (κ3) is 3.40. The van der Waals surface area contributed by atoms with E-state index in [1.165, 1.54) is 19.4 Å². The van der Waals surface area contributed by atoms with Crippen molar-refractivity contribution in [2.75, 3.05) is 20.2 Å². The predicted molar refractivity (Wildman–Crippen MR) is 66.9 cm³/mol. The van der Waals surface area contributed by atoms with E-state index in [4.69, 9.17) is 4.74 Å². The smallest absolute Gasteiger partial charge is 0.316 e. The summed E-state index contributed by atoms with van der Waals surface area (Å²) in [5, 5.41) is 0. The van der Waals surface area contributed by atoms with E-state index in [-0.39, 0.29) is 0 Å². The number of rotatable bonds is 3. The number of methoxy groups -OCH3 is 1. The van der Waals surface area contributed by atoms with Crippen molar-refractivity contribution >= 4 is 0 Å². The summed E-state index contributed by atoms with van der Waals surface area (Å²) < 4.78 is 4.96. The average Bonchev–Trinajstić information content (AvgIpc) is 2.29. The van der Waals surface area contributed by atoms with Gasteiger partial charge < -0.3 is 4.74 Å². The van der Waals surface area contributed by atoms with E-state index in [9.17, 15) is 0 Å². The number of hydrogen-bond donors (Lipinski definition) is 0. The second kappa shape index (κ2) is 5.00. The first-order valence-electron chi connectivity index (χ1n) is 6.16. The SMILES string of the molecule is COc1ncc(CN2CCCC(C)(C)C2)cn1. The van der Waals surface area contributed by atoms with Crippen molar-refractivity contribution in [3.8, 4) is 6.01 Å². The normalized spacial score (nSPS) is 20.2. The molecule has 0 amide bonds. The van der Waals surface area contributed by atoms with E-state index < -0.39 is 0 Å². The van der Waals surface area contributed by atoms with Gasteiger partial charge in [0.15, 0.2) is 0 Å². The highest BCUT2D eigenvalue weighted by atomic mass is 16.5. The Morgan fingerprint density at radius 3 is 2.65 bits per heavy atom. The Bertz CT molecular complexity index is 361. The second-order valence-electron chi connectivity index (χ2n) is 5.56. The number of nitrogens with zero attached hydrogens (tertiary/aromatic N) is 3. The molecule has 1 aromatic heterocycles. The molecular weight excluding hydrogens is 214 g/mol. The summed E-state index contributed by atoms with van der Waals surface area (Å²) in [6, 6.07) is 0.438. The highest BCUT2D eigenvalue weighted by Gasteiger charge is 2.26. The topological polar surface area (TPSA) is 38.2 Å². The van der Waals surface area contributed by atoms with Gasteiger partial charge in [0.2, 0.25) is 0 Å². The molecule has 0 saturated carbocycles. The summed E-state index contributed by atoms with van der Waals surface area (Å²) in [7, 11) is 1.59. The molecule has 4 nitrogen and oxygen atoms in total. The van der Waals surface area contributed by atoms with E-state index in [1.54, 1.807) is 7.11 Å². The molecular formula is C13H21N3O. The highest BCUT2D eigenvalue weighted by molar-refractivity contribution is 5.07. The molecule has 94 valence electrons. The fourth-order valence-corrected chi connectivity index (χ4v) is 2.47. The first-order chi connectivity index (χ1) is 8.09. The number of aromatic nitrogens is 2. The number of likely N-dealkylation sites (tertiary alicyclic amines) is 1. The summed E-state index contributed by atoms with van der Waals surface area (Å²) in [6.07, 6.45) is 6.31. The molecule has 0 radical (unpaired) electrons. The fourth-order valence-electron chi connectivity index (χ4n) is 2.47. The maximum atomic E-state index is 4.96. The van der Waals surface area contributed by atoms with Crippen molar-refractivity contribution in [2.24, 2.45) is 5.41 Å². The number of hydrogen-bond acceptors (Lipinski definition) is 4. The van der Waals surface area contributed by atoms with Crippen LogP contribution in [0, 0.1) is 5.41 Å². The van der Waals surface area contributed by atoms with E-state index in [0.29, 0.717) is 11.4 Å². The van der Waals surface area contributed by atoms with Crippen LogP contribution in [0.3, 0.4) is 0 Å². The van der Waals surface area contributed by atoms with Gasteiger partial charge in [0, 0.05) is 31.0 Å². The molecule has 1 fully saturated rings. The molecule has 17 heavy (non-hydrogen) atoms. The van der Waals surface area contributed by atoms with Gasteiger partial charge in [0.05, 0.1) is 7.11 Å². The Labute approximate surface area is 103 Å². The highest BCUT2D eigenvalue weighted by Crippen LogP contribution is 2.29. The fraction of sp³-hybridized carbons (Fsp3) is 0.692. The van der Waals surface area contributed by atoms with Gasteiger partial charge in [0.1, 0.15) is 0 Å². The van der Waals surface area contributed by atoms with Gasteiger partial charge in [-0.1, -0.05) is 13.8 Å². The van der Waals surface area contributed by atoms with Crippen molar-refractivity contribution in [2.45, 2.75) is 33.2 Å². The molecule has 0 aromatic carbocycles. The standard InChI is InChI=1S/C13H21N3O/c1-13(2)5-4-6-16(10-13)9-11-7-14-12(17-3)15-8-11/h7-8H,4-6,9-10H2,1-3H3. The molecule has 1 aromatic rings. The van der Waals surface area contributed by atoms with Crippen LogP contribution >= 0.6 is 0 Å².